The highest BCUT2D eigenvalue weighted by Gasteiger charge is 2.22. The topological polar surface area (TPSA) is 12.0 Å². The number of nitrogens with one attached hydrogen (secondary N) is 1. The van der Waals surface area contributed by atoms with Crippen LogP contribution in [0.4, 0.5) is 13.2 Å². The minimum absolute atomic E-state index is 0.0183. The molecule has 0 aliphatic rings. The number of rotatable bonds is 3. The van der Waals surface area contributed by atoms with Gasteiger partial charge in [0.05, 0.1) is 11.1 Å². The highest BCUT2D eigenvalue weighted by molar-refractivity contribution is 9.10. The van der Waals surface area contributed by atoms with E-state index in [1.54, 1.807) is 6.07 Å². The van der Waals surface area contributed by atoms with Crippen LogP contribution >= 0.6 is 27.5 Å². The second kappa shape index (κ2) is 6.16. The van der Waals surface area contributed by atoms with Crippen molar-refractivity contribution in [3.63, 3.8) is 0 Å². The average Bonchev–Trinajstić information content (AvgIpc) is 2.43. The Hall–Kier alpha value is -1.04. The molecule has 2 aromatic carbocycles. The summed E-state index contributed by atoms with van der Waals surface area (Å²) in [5.74, 6) is -1.89. The second-order valence-corrected chi connectivity index (χ2v) is 5.38. The third-order valence-corrected chi connectivity index (χ3v) is 4.19. The molecule has 0 spiro atoms. The molecule has 1 N–H and O–H groups in total. The lowest BCUT2D eigenvalue weighted by molar-refractivity contribution is 0.537. The molecule has 6 heteroatoms. The lowest BCUT2D eigenvalue weighted by Gasteiger charge is -2.19. The van der Waals surface area contributed by atoms with Crippen LogP contribution in [0.5, 0.6) is 0 Å². The summed E-state index contributed by atoms with van der Waals surface area (Å²) in [5.41, 5.74) is 0.162. The molecular formula is C14H10BrClF3N. The van der Waals surface area contributed by atoms with Crippen LogP contribution in [0.25, 0.3) is 0 Å². The molecule has 0 bridgehead atoms. The van der Waals surface area contributed by atoms with Crippen LogP contribution in [-0.2, 0) is 0 Å². The van der Waals surface area contributed by atoms with Crippen molar-refractivity contribution in [3.05, 3.63) is 68.4 Å². The molecule has 0 heterocycles. The van der Waals surface area contributed by atoms with Gasteiger partial charge in [-0.15, -0.1) is 0 Å². The smallest absolute Gasteiger partial charge is 0.148 e. The summed E-state index contributed by atoms with van der Waals surface area (Å²) in [6.45, 7) is 0. The number of benzene rings is 2. The Labute approximate surface area is 127 Å². The van der Waals surface area contributed by atoms with Gasteiger partial charge in [-0.05, 0) is 47.2 Å². The van der Waals surface area contributed by atoms with Crippen LogP contribution in [0, 0.1) is 17.5 Å². The van der Waals surface area contributed by atoms with Crippen LogP contribution in [0.3, 0.4) is 0 Å². The molecule has 1 nitrogen and oxygen atoms in total. The van der Waals surface area contributed by atoms with Gasteiger partial charge >= 0.3 is 0 Å². The average molecular weight is 365 g/mol. The van der Waals surface area contributed by atoms with Gasteiger partial charge in [-0.2, -0.15) is 0 Å². The molecule has 1 unspecified atom stereocenters. The summed E-state index contributed by atoms with van der Waals surface area (Å²) in [6.07, 6.45) is 0. The van der Waals surface area contributed by atoms with Gasteiger partial charge in [0.2, 0.25) is 0 Å². The van der Waals surface area contributed by atoms with Crippen molar-refractivity contribution in [1.29, 1.82) is 0 Å². The minimum Gasteiger partial charge on any atom is -0.309 e. The van der Waals surface area contributed by atoms with E-state index in [-0.39, 0.29) is 16.1 Å². The fourth-order valence-corrected chi connectivity index (χ4v) is 2.46. The van der Waals surface area contributed by atoms with E-state index in [0.29, 0.717) is 4.47 Å². The fourth-order valence-electron chi connectivity index (χ4n) is 1.98. The van der Waals surface area contributed by atoms with Crippen molar-refractivity contribution in [2.24, 2.45) is 0 Å². The summed E-state index contributed by atoms with van der Waals surface area (Å²) < 4.78 is 41.7. The van der Waals surface area contributed by atoms with Gasteiger partial charge in [0.25, 0.3) is 0 Å². The van der Waals surface area contributed by atoms with Gasteiger partial charge in [0.15, 0.2) is 0 Å². The maximum Gasteiger partial charge on any atom is 0.148 e. The monoisotopic (exact) mass is 363 g/mol. The molecule has 0 aromatic heterocycles. The van der Waals surface area contributed by atoms with Gasteiger partial charge in [-0.1, -0.05) is 17.7 Å². The maximum absolute atomic E-state index is 14.2. The maximum atomic E-state index is 14.2. The fraction of sp³-hybridized carbons (Fsp3) is 0.143. The second-order valence-electron chi connectivity index (χ2n) is 4.15. The van der Waals surface area contributed by atoms with Crippen molar-refractivity contribution in [1.82, 2.24) is 5.32 Å². The van der Waals surface area contributed by atoms with E-state index in [2.05, 4.69) is 21.2 Å². The van der Waals surface area contributed by atoms with Crippen LogP contribution in [0.2, 0.25) is 5.02 Å². The van der Waals surface area contributed by atoms with E-state index in [1.165, 1.54) is 13.1 Å². The Kier molecular flexibility index (Phi) is 4.73. The minimum atomic E-state index is -0.837. The zero-order valence-corrected chi connectivity index (χ0v) is 12.7. The van der Waals surface area contributed by atoms with E-state index in [9.17, 15) is 13.2 Å². The predicted octanol–water partition coefficient (Wildman–Crippen LogP) is 4.83. The molecule has 0 aliphatic heterocycles. The zero-order valence-electron chi connectivity index (χ0n) is 10.4. The van der Waals surface area contributed by atoms with Crippen molar-refractivity contribution < 1.29 is 13.2 Å². The Morgan fingerprint density at radius 1 is 1.10 bits per heavy atom. The molecule has 1 atom stereocenters. The Balaban J connectivity index is 2.58. The largest absolute Gasteiger partial charge is 0.309 e. The molecule has 2 rings (SSSR count). The van der Waals surface area contributed by atoms with Gasteiger partial charge in [-0.3, -0.25) is 0 Å². The van der Waals surface area contributed by atoms with E-state index >= 15 is 0 Å². The summed E-state index contributed by atoms with van der Waals surface area (Å²) in [7, 11) is 1.53. The first-order valence-electron chi connectivity index (χ1n) is 5.71. The van der Waals surface area contributed by atoms with Gasteiger partial charge < -0.3 is 5.32 Å². The predicted molar refractivity (Wildman–Crippen MR) is 76.4 cm³/mol. The van der Waals surface area contributed by atoms with Crippen LogP contribution in [0.15, 0.2) is 34.8 Å². The Morgan fingerprint density at radius 3 is 2.45 bits per heavy atom. The molecule has 0 fully saturated rings. The molecule has 0 saturated heterocycles. The SMILES string of the molecule is CNC(c1cc(F)ccc1F)c1ccc(Br)c(Cl)c1F. The summed E-state index contributed by atoms with van der Waals surface area (Å²) in [5, 5.41) is 2.67. The standard InChI is InChI=1S/C14H10BrClF3N/c1-20-14(9-6-7(17)2-5-11(9)18)8-3-4-10(15)12(16)13(8)19/h2-6,14,20H,1H3. The van der Waals surface area contributed by atoms with Gasteiger partial charge in [-0.25, -0.2) is 13.2 Å². The number of hydrogen-bond donors (Lipinski definition) is 1. The van der Waals surface area contributed by atoms with Crippen molar-refractivity contribution in [2.45, 2.75) is 6.04 Å². The third-order valence-electron chi connectivity index (χ3n) is 2.93. The first-order chi connectivity index (χ1) is 9.45. The van der Waals surface area contributed by atoms with E-state index in [1.807, 2.05) is 0 Å². The Morgan fingerprint density at radius 2 is 1.80 bits per heavy atom. The van der Waals surface area contributed by atoms with Gasteiger partial charge in [0, 0.05) is 15.6 Å². The molecule has 0 radical (unpaired) electrons. The molecule has 20 heavy (non-hydrogen) atoms. The number of hydrogen-bond acceptors (Lipinski definition) is 1. The first-order valence-corrected chi connectivity index (χ1v) is 6.88. The third kappa shape index (κ3) is 2.85. The summed E-state index contributed by atoms with van der Waals surface area (Å²) in [6, 6.07) is 5.24. The van der Waals surface area contributed by atoms with Crippen molar-refractivity contribution in [3.8, 4) is 0 Å². The van der Waals surface area contributed by atoms with Crippen LogP contribution in [-0.4, -0.2) is 7.05 Å². The summed E-state index contributed by atoms with van der Waals surface area (Å²) in [4.78, 5) is 0. The zero-order chi connectivity index (χ0) is 14.9. The molecular weight excluding hydrogens is 355 g/mol. The normalized spacial score (nSPS) is 12.5. The number of halogens is 5. The summed E-state index contributed by atoms with van der Waals surface area (Å²) >= 11 is 8.93. The van der Waals surface area contributed by atoms with E-state index < -0.39 is 23.5 Å². The molecule has 0 saturated carbocycles. The molecule has 106 valence electrons. The van der Waals surface area contributed by atoms with Gasteiger partial charge in [0.1, 0.15) is 17.5 Å². The molecule has 0 aliphatic carbocycles. The quantitative estimate of drug-likeness (QED) is 0.769. The van der Waals surface area contributed by atoms with Crippen LogP contribution < -0.4 is 5.32 Å². The van der Waals surface area contributed by atoms with Crippen molar-refractivity contribution in [2.75, 3.05) is 7.05 Å². The molecule has 0 amide bonds. The highest BCUT2D eigenvalue weighted by atomic mass is 79.9. The highest BCUT2D eigenvalue weighted by Crippen LogP contribution is 2.33. The lowest BCUT2D eigenvalue weighted by Crippen LogP contribution is -2.20. The van der Waals surface area contributed by atoms with E-state index in [4.69, 9.17) is 11.6 Å². The Bertz CT molecular complexity index is 649. The van der Waals surface area contributed by atoms with E-state index in [0.717, 1.165) is 18.2 Å². The van der Waals surface area contributed by atoms with Crippen LogP contribution in [0.1, 0.15) is 17.2 Å². The first kappa shape index (κ1) is 15.4. The van der Waals surface area contributed by atoms with Crippen molar-refractivity contribution >= 4 is 27.5 Å². The lowest BCUT2D eigenvalue weighted by atomic mass is 9.97. The molecule has 2 aromatic rings.